The molecule has 146 valence electrons. The Kier molecular flexibility index (Phi) is 7.77. The van der Waals surface area contributed by atoms with Crippen LogP contribution in [0.25, 0.3) is 0 Å². The predicted molar refractivity (Wildman–Crippen MR) is 103 cm³/mol. The molecule has 2 atom stereocenters. The molecule has 1 heterocycles. The van der Waals surface area contributed by atoms with E-state index in [0.717, 1.165) is 19.3 Å². The summed E-state index contributed by atoms with van der Waals surface area (Å²) >= 11 is 0. The molecule has 1 aliphatic carbocycles. The molecule has 0 radical (unpaired) electrons. The highest BCUT2D eigenvalue weighted by molar-refractivity contribution is 6.09. The molecule has 0 aromatic rings. The monoisotopic (exact) mass is 372 g/mol. The zero-order valence-electron chi connectivity index (χ0n) is 16.1. The quantitative estimate of drug-likeness (QED) is 0.263. The molecule has 1 fully saturated rings. The normalized spacial score (nSPS) is 26.6. The summed E-state index contributed by atoms with van der Waals surface area (Å²) in [5, 5.41) is 0. The minimum Gasteiger partial charge on any atom is -0.458 e. The lowest BCUT2D eigenvalue weighted by atomic mass is 9.91. The van der Waals surface area contributed by atoms with Gasteiger partial charge >= 0.3 is 11.9 Å². The first kappa shape index (κ1) is 20.9. The summed E-state index contributed by atoms with van der Waals surface area (Å²) in [6, 6.07) is 0. The van der Waals surface area contributed by atoms with E-state index in [9.17, 15) is 14.4 Å². The third-order valence-electron chi connectivity index (χ3n) is 4.62. The number of unbranched alkanes of at least 4 members (excludes halogenated alkanes) is 3. The maximum Gasteiger partial charge on any atom is 0.306 e. The summed E-state index contributed by atoms with van der Waals surface area (Å²) in [5.74, 6) is -0.824. The van der Waals surface area contributed by atoms with Crippen LogP contribution in [0.3, 0.4) is 0 Å². The van der Waals surface area contributed by atoms with Crippen LogP contribution in [0.15, 0.2) is 48.1 Å². The molecule has 0 aromatic carbocycles. The van der Waals surface area contributed by atoms with Gasteiger partial charge in [0, 0.05) is 25.3 Å². The smallest absolute Gasteiger partial charge is 0.306 e. The Morgan fingerprint density at radius 2 is 2.15 bits per heavy atom. The van der Waals surface area contributed by atoms with Crippen LogP contribution < -0.4 is 0 Å². The number of carbonyl (C=O) groups excluding carboxylic acids is 3. The number of cyclic esters (lactones) is 1. The number of ether oxygens (including phenoxy) is 2. The number of hydrogen-bond donors (Lipinski definition) is 0. The van der Waals surface area contributed by atoms with Gasteiger partial charge in [-0.3, -0.25) is 14.4 Å². The molecule has 0 saturated carbocycles. The average molecular weight is 372 g/mol. The van der Waals surface area contributed by atoms with Gasteiger partial charge in [-0.05, 0) is 37.5 Å². The van der Waals surface area contributed by atoms with Crippen molar-refractivity contribution < 1.29 is 23.9 Å². The number of hydrogen-bond acceptors (Lipinski definition) is 5. The van der Waals surface area contributed by atoms with E-state index in [4.69, 9.17) is 9.47 Å². The molecule has 0 spiro atoms. The third-order valence-corrected chi connectivity index (χ3v) is 4.62. The maximum atomic E-state index is 12.3. The van der Waals surface area contributed by atoms with Crippen molar-refractivity contribution in [3.63, 3.8) is 0 Å². The van der Waals surface area contributed by atoms with Gasteiger partial charge in [-0.15, -0.1) is 0 Å². The first-order valence-corrected chi connectivity index (χ1v) is 9.63. The molecule has 1 aliphatic heterocycles. The van der Waals surface area contributed by atoms with Gasteiger partial charge in [0.1, 0.15) is 6.10 Å². The molecule has 0 bridgehead atoms. The minimum atomic E-state index is -1.07. The van der Waals surface area contributed by atoms with Crippen LogP contribution >= 0.6 is 0 Å². The van der Waals surface area contributed by atoms with Crippen LogP contribution in [-0.4, -0.2) is 29.4 Å². The summed E-state index contributed by atoms with van der Waals surface area (Å²) in [6.45, 7) is 3.50. The van der Waals surface area contributed by atoms with Crippen molar-refractivity contribution in [2.75, 3.05) is 0 Å². The van der Waals surface area contributed by atoms with Gasteiger partial charge in [0.15, 0.2) is 11.4 Å². The fourth-order valence-corrected chi connectivity index (χ4v) is 3.23. The first-order valence-electron chi connectivity index (χ1n) is 9.63. The molecule has 2 rings (SSSR count). The van der Waals surface area contributed by atoms with Crippen molar-refractivity contribution in [3.8, 4) is 0 Å². The van der Waals surface area contributed by atoms with Crippen LogP contribution in [0.2, 0.25) is 0 Å². The maximum absolute atomic E-state index is 12.3. The van der Waals surface area contributed by atoms with E-state index < -0.39 is 11.6 Å². The first-order chi connectivity index (χ1) is 13.0. The van der Waals surface area contributed by atoms with E-state index in [1.807, 2.05) is 6.08 Å². The van der Waals surface area contributed by atoms with E-state index in [2.05, 4.69) is 13.0 Å². The highest BCUT2D eigenvalue weighted by atomic mass is 16.6. The van der Waals surface area contributed by atoms with Crippen molar-refractivity contribution in [2.24, 2.45) is 0 Å². The van der Waals surface area contributed by atoms with Crippen molar-refractivity contribution in [1.82, 2.24) is 0 Å². The fourth-order valence-electron chi connectivity index (χ4n) is 3.23. The molecule has 0 amide bonds. The SMILES string of the molecule is CCCCC/C=C\C[C@]1(OC(C)=O)C=CC(=O)/C1=C/C=C/[C@H]1CCC(=O)O1. The van der Waals surface area contributed by atoms with Crippen LogP contribution in [0.5, 0.6) is 0 Å². The van der Waals surface area contributed by atoms with E-state index in [0.29, 0.717) is 24.8 Å². The second-order valence-corrected chi connectivity index (χ2v) is 6.88. The lowest BCUT2D eigenvalue weighted by molar-refractivity contribution is -0.149. The molecule has 5 heteroatoms. The summed E-state index contributed by atoms with van der Waals surface area (Å²) < 4.78 is 10.7. The predicted octanol–water partition coefficient (Wildman–Crippen LogP) is 4.14. The molecular formula is C22H28O5. The van der Waals surface area contributed by atoms with Gasteiger partial charge in [-0.2, -0.15) is 0 Å². The molecule has 5 nitrogen and oxygen atoms in total. The zero-order chi connectivity index (χ0) is 19.7. The van der Waals surface area contributed by atoms with Gasteiger partial charge in [0.2, 0.25) is 0 Å². The topological polar surface area (TPSA) is 69.7 Å². The summed E-state index contributed by atoms with van der Waals surface area (Å²) in [6.07, 6.45) is 17.9. The molecule has 27 heavy (non-hydrogen) atoms. The number of rotatable bonds is 9. The summed E-state index contributed by atoms with van der Waals surface area (Å²) in [4.78, 5) is 35.2. The van der Waals surface area contributed by atoms with Gasteiger partial charge < -0.3 is 9.47 Å². The van der Waals surface area contributed by atoms with E-state index in [1.54, 1.807) is 24.3 Å². The Bertz CT molecular complexity index is 683. The van der Waals surface area contributed by atoms with Crippen LogP contribution in [0.4, 0.5) is 0 Å². The number of ketones is 1. The Hall–Kier alpha value is -2.43. The van der Waals surface area contributed by atoms with Crippen LogP contribution in [0.1, 0.15) is 58.8 Å². The zero-order valence-corrected chi connectivity index (χ0v) is 16.1. The van der Waals surface area contributed by atoms with Gasteiger partial charge in [0.25, 0.3) is 0 Å². The average Bonchev–Trinajstić information content (AvgIpc) is 3.16. The fraction of sp³-hybridized carbons (Fsp3) is 0.500. The van der Waals surface area contributed by atoms with Crippen LogP contribution in [0, 0.1) is 0 Å². The molecule has 2 aliphatic rings. The molecule has 0 unspecified atom stereocenters. The highest BCUT2D eigenvalue weighted by Crippen LogP contribution is 2.34. The number of esters is 2. The van der Waals surface area contributed by atoms with E-state index >= 15 is 0 Å². The highest BCUT2D eigenvalue weighted by Gasteiger charge is 2.41. The number of allylic oxidation sites excluding steroid dienone is 4. The summed E-state index contributed by atoms with van der Waals surface area (Å²) in [7, 11) is 0. The molecule has 0 aromatic heterocycles. The number of carbonyl (C=O) groups is 3. The molecular weight excluding hydrogens is 344 g/mol. The van der Waals surface area contributed by atoms with Gasteiger partial charge in [-0.25, -0.2) is 0 Å². The van der Waals surface area contributed by atoms with Crippen molar-refractivity contribution >= 4 is 17.7 Å². The standard InChI is InChI=1S/C22H28O5/c1-3-4-5-6-7-8-15-22(27-17(2)23)16-14-20(24)19(22)11-9-10-18-12-13-21(25)26-18/h7-11,14,16,18H,3-6,12-13,15H2,1-2H3/b8-7-,10-9+,19-11-/t18-,22-/m0/s1. The largest absolute Gasteiger partial charge is 0.458 e. The lowest BCUT2D eigenvalue weighted by Gasteiger charge is -2.27. The van der Waals surface area contributed by atoms with E-state index in [-0.39, 0.29) is 17.9 Å². The Morgan fingerprint density at radius 1 is 1.33 bits per heavy atom. The second kappa shape index (κ2) is 10.0. The molecule has 1 saturated heterocycles. The summed E-state index contributed by atoms with van der Waals surface area (Å²) in [5.41, 5.74) is -0.655. The van der Waals surface area contributed by atoms with Crippen molar-refractivity contribution in [2.45, 2.75) is 70.5 Å². The third kappa shape index (κ3) is 6.05. The Morgan fingerprint density at radius 3 is 2.81 bits per heavy atom. The van der Waals surface area contributed by atoms with E-state index in [1.165, 1.54) is 19.4 Å². The van der Waals surface area contributed by atoms with Crippen molar-refractivity contribution in [1.29, 1.82) is 0 Å². The Balaban J connectivity index is 2.11. The molecule has 0 N–H and O–H groups in total. The van der Waals surface area contributed by atoms with Gasteiger partial charge in [0.05, 0.1) is 0 Å². The van der Waals surface area contributed by atoms with Gasteiger partial charge in [-0.1, -0.05) is 44.1 Å². The Labute approximate surface area is 160 Å². The minimum absolute atomic E-state index is 0.177. The van der Waals surface area contributed by atoms with Crippen LogP contribution in [-0.2, 0) is 23.9 Å². The van der Waals surface area contributed by atoms with Crippen molar-refractivity contribution in [3.05, 3.63) is 48.1 Å². The lowest BCUT2D eigenvalue weighted by Crippen LogP contribution is -2.33. The second-order valence-electron chi connectivity index (χ2n) is 6.88.